The number of thiazole rings is 1. The number of ether oxygens (including phenoxy) is 2. The number of anilines is 2. The number of hydrogen-bond acceptors (Lipinski definition) is 6. The number of fused-ring (bicyclic) bond motifs is 2. The maximum Gasteiger partial charge on any atom is 0.229 e. The van der Waals surface area contributed by atoms with Crippen LogP contribution in [-0.2, 0) is 9.59 Å². The van der Waals surface area contributed by atoms with Crippen molar-refractivity contribution in [3.05, 3.63) is 60.2 Å². The zero-order chi connectivity index (χ0) is 22.4. The summed E-state index contributed by atoms with van der Waals surface area (Å²) < 4.78 is 13.1. The zero-order valence-electron chi connectivity index (χ0n) is 17.6. The average Bonchev–Trinajstić information content (AvgIpc) is 3.54. The highest BCUT2D eigenvalue weighted by atomic mass is 32.1. The fourth-order valence-electron chi connectivity index (χ4n) is 4.17. The van der Waals surface area contributed by atoms with Crippen molar-refractivity contribution in [1.29, 1.82) is 0 Å². The van der Waals surface area contributed by atoms with Gasteiger partial charge in [0.15, 0.2) is 16.5 Å². The van der Waals surface area contributed by atoms with E-state index in [1.807, 2.05) is 52.5 Å². The molecule has 1 atom stereocenters. The van der Waals surface area contributed by atoms with Gasteiger partial charge in [-0.2, -0.15) is 0 Å². The Bertz CT molecular complexity index is 1330. The monoisotopic (exact) mass is 460 g/mol. The Morgan fingerprint density at radius 3 is 2.73 bits per heavy atom. The van der Waals surface area contributed by atoms with Crippen molar-refractivity contribution in [3.8, 4) is 22.8 Å². The molecular weight excluding hydrogens is 440 g/mol. The van der Waals surface area contributed by atoms with Crippen LogP contribution in [0.2, 0.25) is 0 Å². The molecule has 2 amide bonds. The van der Waals surface area contributed by atoms with Gasteiger partial charge >= 0.3 is 0 Å². The highest BCUT2D eigenvalue weighted by Crippen LogP contribution is 2.36. The van der Waals surface area contributed by atoms with E-state index >= 15 is 0 Å². The Hall–Kier alpha value is -3.85. The van der Waals surface area contributed by atoms with E-state index in [1.165, 1.54) is 0 Å². The second-order valence-electron chi connectivity index (χ2n) is 8.02. The quantitative estimate of drug-likeness (QED) is 0.500. The summed E-state index contributed by atoms with van der Waals surface area (Å²) in [6, 6.07) is 13.0. The van der Waals surface area contributed by atoms with Crippen molar-refractivity contribution in [2.45, 2.75) is 6.42 Å². The number of benzene rings is 2. The summed E-state index contributed by atoms with van der Waals surface area (Å²) in [4.78, 5) is 32.7. The molecule has 0 spiro atoms. The Kier molecular flexibility index (Phi) is 4.76. The SMILES string of the molecule is O=C(Nc1ccc(-c2cn3ccsc3n2)cc1)C1CC(=O)N(c2ccc3c(c2)OCCO3)C1. The second kappa shape index (κ2) is 7.93. The number of amides is 2. The van der Waals surface area contributed by atoms with Crippen LogP contribution in [-0.4, -0.2) is 41.0 Å². The first-order valence-corrected chi connectivity index (χ1v) is 11.6. The fraction of sp³-hybridized carbons (Fsp3) is 0.208. The molecular formula is C24H20N4O4S. The summed E-state index contributed by atoms with van der Waals surface area (Å²) in [5.41, 5.74) is 3.26. The fourth-order valence-corrected chi connectivity index (χ4v) is 4.87. The second-order valence-corrected chi connectivity index (χ2v) is 8.89. The first kappa shape index (κ1) is 19.8. The summed E-state index contributed by atoms with van der Waals surface area (Å²) in [5, 5.41) is 4.93. The molecule has 1 fully saturated rings. The lowest BCUT2D eigenvalue weighted by molar-refractivity contribution is -0.122. The third-order valence-electron chi connectivity index (χ3n) is 5.87. The van der Waals surface area contributed by atoms with Crippen LogP contribution in [0.15, 0.2) is 60.2 Å². The summed E-state index contributed by atoms with van der Waals surface area (Å²) >= 11 is 1.58. The minimum absolute atomic E-state index is 0.0816. The lowest BCUT2D eigenvalue weighted by Crippen LogP contribution is -2.28. The number of carbonyl (C=O) groups is 2. The summed E-state index contributed by atoms with van der Waals surface area (Å²) in [6.07, 6.45) is 4.13. The number of carbonyl (C=O) groups excluding carboxylic acids is 2. The van der Waals surface area contributed by atoms with E-state index in [-0.39, 0.29) is 18.2 Å². The number of aromatic nitrogens is 2. The van der Waals surface area contributed by atoms with Gasteiger partial charge < -0.3 is 19.7 Å². The first-order chi connectivity index (χ1) is 16.1. The molecule has 1 N–H and O–H groups in total. The van der Waals surface area contributed by atoms with Crippen LogP contribution in [0, 0.1) is 5.92 Å². The molecule has 8 nitrogen and oxygen atoms in total. The normalized spacial score (nSPS) is 17.5. The number of hydrogen-bond donors (Lipinski definition) is 1. The zero-order valence-corrected chi connectivity index (χ0v) is 18.4. The highest BCUT2D eigenvalue weighted by molar-refractivity contribution is 7.15. The van der Waals surface area contributed by atoms with Gasteiger partial charge in [-0.15, -0.1) is 11.3 Å². The lowest BCUT2D eigenvalue weighted by atomic mass is 10.1. The molecule has 0 aliphatic carbocycles. The molecule has 1 unspecified atom stereocenters. The van der Waals surface area contributed by atoms with E-state index in [0.29, 0.717) is 42.6 Å². The van der Waals surface area contributed by atoms with Crippen LogP contribution in [0.25, 0.3) is 16.2 Å². The molecule has 33 heavy (non-hydrogen) atoms. The van der Waals surface area contributed by atoms with Crippen molar-refractivity contribution in [2.24, 2.45) is 5.92 Å². The molecule has 6 rings (SSSR count). The maximum atomic E-state index is 12.9. The van der Waals surface area contributed by atoms with E-state index in [0.717, 1.165) is 16.2 Å². The molecule has 2 aliphatic rings. The lowest BCUT2D eigenvalue weighted by Gasteiger charge is -2.22. The van der Waals surface area contributed by atoms with Crippen molar-refractivity contribution in [3.63, 3.8) is 0 Å². The van der Waals surface area contributed by atoms with Crippen LogP contribution >= 0.6 is 11.3 Å². The minimum atomic E-state index is -0.426. The van der Waals surface area contributed by atoms with E-state index in [9.17, 15) is 9.59 Å². The van der Waals surface area contributed by atoms with Crippen LogP contribution in [0.1, 0.15) is 6.42 Å². The largest absolute Gasteiger partial charge is 0.486 e. The van der Waals surface area contributed by atoms with Gasteiger partial charge in [0, 0.05) is 53.7 Å². The van der Waals surface area contributed by atoms with Gasteiger partial charge in [-0.25, -0.2) is 4.98 Å². The Balaban J connectivity index is 1.13. The Morgan fingerprint density at radius 2 is 1.91 bits per heavy atom. The van der Waals surface area contributed by atoms with E-state index in [4.69, 9.17) is 9.47 Å². The standard InChI is InChI=1S/C24H20N4O4S/c29-22-11-16(13-28(22)18-5-6-20-21(12-18)32-9-8-31-20)23(30)25-17-3-1-15(2-4-17)19-14-27-7-10-33-24(27)26-19/h1-7,10,12,14,16H,8-9,11,13H2,(H,25,30). The average molecular weight is 461 g/mol. The van der Waals surface area contributed by atoms with Gasteiger partial charge in [-0.1, -0.05) is 12.1 Å². The molecule has 0 bridgehead atoms. The molecule has 2 aliphatic heterocycles. The highest BCUT2D eigenvalue weighted by Gasteiger charge is 2.35. The number of nitrogens with one attached hydrogen (secondary N) is 1. The minimum Gasteiger partial charge on any atom is -0.486 e. The van der Waals surface area contributed by atoms with Crippen molar-refractivity contribution < 1.29 is 19.1 Å². The molecule has 1 saturated heterocycles. The summed E-state index contributed by atoms with van der Waals surface area (Å²) in [5.74, 6) is 0.618. The predicted molar refractivity (Wildman–Crippen MR) is 125 cm³/mol. The molecule has 0 saturated carbocycles. The predicted octanol–water partition coefficient (Wildman–Crippen LogP) is 3.83. The number of imidazole rings is 1. The van der Waals surface area contributed by atoms with Gasteiger partial charge in [0.05, 0.1) is 11.6 Å². The van der Waals surface area contributed by atoms with Gasteiger partial charge in [0.1, 0.15) is 13.2 Å². The number of rotatable bonds is 4. The maximum absolute atomic E-state index is 12.9. The molecule has 4 aromatic rings. The van der Waals surface area contributed by atoms with Crippen LogP contribution in [0.3, 0.4) is 0 Å². The van der Waals surface area contributed by atoms with Crippen LogP contribution < -0.4 is 19.7 Å². The van der Waals surface area contributed by atoms with E-state index in [2.05, 4.69) is 10.3 Å². The van der Waals surface area contributed by atoms with Gasteiger partial charge in [0.2, 0.25) is 11.8 Å². The van der Waals surface area contributed by atoms with Gasteiger partial charge in [-0.3, -0.25) is 14.0 Å². The molecule has 9 heteroatoms. The topological polar surface area (TPSA) is 85.2 Å². The molecule has 0 radical (unpaired) electrons. The smallest absolute Gasteiger partial charge is 0.229 e. The molecule has 4 heterocycles. The van der Waals surface area contributed by atoms with E-state index < -0.39 is 5.92 Å². The molecule has 166 valence electrons. The first-order valence-electron chi connectivity index (χ1n) is 10.7. The van der Waals surface area contributed by atoms with Crippen molar-refractivity contribution in [2.75, 3.05) is 30.0 Å². The molecule has 2 aromatic heterocycles. The Morgan fingerprint density at radius 1 is 1.09 bits per heavy atom. The van der Waals surface area contributed by atoms with Crippen LogP contribution in [0.4, 0.5) is 11.4 Å². The van der Waals surface area contributed by atoms with Gasteiger partial charge in [-0.05, 0) is 24.3 Å². The summed E-state index contributed by atoms with van der Waals surface area (Å²) in [6.45, 7) is 1.32. The van der Waals surface area contributed by atoms with Crippen LogP contribution in [0.5, 0.6) is 11.5 Å². The molecule has 2 aromatic carbocycles. The summed E-state index contributed by atoms with van der Waals surface area (Å²) in [7, 11) is 0. The van der Waals surface area contributed by atoms with Crippen molar-refractivity contribution >= 4 is 39.5 Å². The van der Waals surface area contributed by atoms with E-state index in [1.54, 1.807) is 28.4 Å². The third-order valence-corrected chi connectivity index (χ3v) is 6.65. The third kappa shape index (κ3) is 3.70. The van der Waals surface area contributed by atoms with Crippen molar-refractivity contribution in [1.82, 2.24) is 9.38 Å². The van der Waals surface area contributed by atoms with Gasteiger partial charge in [0.25, 0.3) is 0 Å². The number of nitrogens with zero attached hydrogens (tertiary/aromatic N) is 3. The Labute approximate surface area is 193 Å².